The van der Waals surface area contributed by atoms with Gasteiger partial charge in [0, 0.05) is 51.8 Å². The summed E-state index contributed by atoms with van der Waals surface area (Å²) in [6, 6.07) is 16.5. The number of likely N-dealkylation sites (tertiary alicyclic amines) is 1. The number of carbonyl (C=O) groups excluding carboxylic acids is 3. The minimum atomic E-state index is -1.38. The normalized spacial score (nSPS) is 17.8. The van der Waals surface area contributed by atoms with Gasteiger partial charge in [-0.15, -0.1) is 0 Å². The highest BCUT2D eigenvalue weighted by Gasteiger charge is 2.55. The second-order valence-corrected chi connectivity index (χ2v) is 8.36. The molecule has 0 aromatic heterocycles. The summed E-state index contributed by atoms with van der Waals surface area (Å²) in [6.07, 6.45) is 0.184. The lowest BCUT2D eigenvalue weighted by Gasteiger charge is -2.31. The Bertz CT molecular complexity index is 996. The first kappa shape index (κ1) is 25.4. The predicted molar refractivity (Wildman–Crippen MR) is 126 cm³/mol. The Kier molecular flexibility index (Phi) is 8.79. The number of benzene rings is 2. The van der Waals surface area contributed by atoms with Crippen LogP contribution in [0, 0.1) is 0 Å². The van der Waals surface area contributed by atoms with Crippen molar-refractivity contribution >= 4 is 17.7 Å². The molecule has 1 N–H and O–H groups in total. The van der Waals surface area contributed by atoms with Gasteiger partial charge in [0.05, 0.1) is 19.1 Å². The van der Waals surface area contributed by atoms with Crippen LogP contribution in [0.15, 0.2) is 54.6 Å². The molecule has 3 amide bonds. The van der Waals surface area contributed by atoms with E-state index in [1.165, 1.54) is 16.9 Å². The zero-order valence-electron chi connectivity index (χ0n) is 19.7. The molecule has 8 heteroatoms. The van der Waals surface area contributed by atoms with E-state index in [9.17, 15) is 19.5 Å². The molecule has 2 aromatic rings. The van der Waals surface area contributed by atoms with Crippen molar-refractivity contribution in [2.45, 2.75) is 31.2 Å². The van der Waals surface area contributed by atoms with Crippen molar-refractivity contribution in [2.75, 3.05) is 40.5 Å². The Labute approximate surface area is 200 Å². The fraction of sp³-hybridized carbons (Fsp3) is 0.423. The second kappa shape index (κ2) is 11.8. The summed E-state index contributed by atoms with van der Waals surface area (Å²) in [7, 11) is 3.06. The van der Waals surface area contributed by atoms with Gasteiger partial charge in [0.2, 0.25) is 17.7 Å². The fourth-order valence-electron chi connectivity index (χ4n) is 4.46. The molecule has 0 radical (unpaired) electrons. The van der Waals surface area contributed by atoms with Gasteiger partial charge >= 0.3 is 0 Å². The molecular weight excluding hydrogens is 436 g/mol. The highest BCUT2D eigenvalue weighted by molar-refractivity contribution is 6.11. The largest absolute Gasteiger partial charge is 0.496 e. The number of aliphatic hydroxyl groups excluding tert-OH is 1. The number of amides is 3. The van der Waals surface area contributed by atoms with Crippen LogP contribution in [0.4, 0.5) is 0 Å². The Balaban J connectivity index is 1.96. The SMILES string of the molecule is COCCCN1C(=O)C[C@@](CC(=O)N(CCO)Cc2ccccc2)(c2ccccc2OC)C1=O. The number of aliphatic hydroxyl groups is 1. The van der Waals surface area contributed by atoms with E-state index in [4.69, 9.17) is 9.47 Å². The zero-order valence-corrected chi connectivity index (χ0v) is 19.7. The van der Waals surface area contributed by atoms with Crippen molar-refractivity contribution in [1.29, 1.82) is 0 Å². The van der Waals surface area contributed by atoms with Gasteiger partial charge in [0.15, 0.2) is 0 Å². The van der Waals surface area contributed by atoms with Gasteiger partial charge < -0.3 is 19.5 Å². The number of methoxy groups -OCH3 is 2. The fourth-order valence-corrected chi connectivity index (χ4v) is 4.46. The number of hydrogen-bond acceptors (Lipinski definition) is 6. The van der Waals surface area contributed by atoms with E-state index in [-0.39, 0.29) is 44.4 Å². The van der Waals surface area contributed by atoms with Crippen LogP contribution in [-0.2, 0) is 31.1 Å². The maximum atomic E-state index is 13.8. The maximum absolute atomic E-state index is 13.8. The number of carbonyl (C=O) groups is 3. The maximum Gasteiger partial charge on any atom is 0.241 e. The van der Waals surface area contributed by atoms with E-state index >= 15 is 0 Å². The molecule has 1 fully saturated rings. The monoisotopic (exact) mass is 468 g/mol. The molecule has 2 aromatic carbocycles. The lowest BCUT2D eigenvalue weighted by molar-refractivity contribution is -0.143. The molecule has 1 atom stereocenters. The lowest BCUT2D eigenvalue weighted by Crippen LogP contribution is -2.44. The quantitative estimate of drug-likeness (QED) is 0.379. The minimum Gasteiger partial charge on any atom is -0.496 e. The van der Waals surface area contributed by atoms with Gasteiger partial charge in [-0.25, -0.2) is 0 Å². The summed E-state index contributed by atoms with van der Waals surface area (Å²) in [4.78, 5) is 43.1. The molecule has 1 aliphatic rings. The van der Waals surface area contributed by atoms with Crippen LogP contribution in [0.1, 0.15) is 30.4 Å². The number of ether oxygens (including phenoxy) is 2. The number of rotatable bonds is 12. The van der Waals surface area contributed by atoms with Gasteiger partial charge in [-0.1, -0.05) is 48.5 Å². The summed E-state index contributed by atoms with van der Waals surface area (Å²) < 4.78 is 10.6. The molecule has 8 nitrogen and oxygen atoms in total. The number of nitrogens with zero attached hydrogens (tertiary/aromatic N) is 2. The molecule has 0 saturated carbocycles. The van der Waals surface area contributed by atoms with Crippen molar-refractivity contribution in [3.63, 3.8) is 0 Å². The van der Waals surface area contributed by atoms with Gasteiger partial charge in [0.25, 0.3) is 0 Å². The van der Waals surface area contributed by atoms with Crippen molar-refractivity contribution in [3.05, 3.63) is 65.7 Å². The third-order valence-corrected chi connectivity index (χ3v) is 6.15. The highest BCUT2D eigenvalue weighted by Crippen LogP contribution is 2.44. The smallest absolute Gasteiger partial charge is 0.241 e. The van der Waals surface area contributed by atoms with Crippen LogP contribution in [0.5, 0.6) is 5.75 Å². The molecule has 3 rings (SSSR count). The molecule has 0 aliphatic carbocycles. The van der Waals surface area contributed by atoms with Crippen molar-refractivity contribution < 1.29 is 29.0 Å². The zero-order chi connectivity index (χ0) is 24.6. The molecule has 1 saturated heterocycles. The Morgan fingerprint density at radius 1 is 1.09 bits per heavy atom. The van der Waals surface area contributed by atoms with E-state index in [0.29, 0.717) is 30.9 Å². The van der Waals surface area contributed by atoms with Gasteiger partial charge in [0.1, 0.15) is 5.75 Å². The van der Waals surface area contributed by atoms with Gasteiger partial charge in [-0.3, -0.25) is 19.3 Å². The van der Waals surface area contributed by atoms with Gasteiger partial charge in [-0.05, 0) is 18.1 Å². The molecule has 0 bridgehead atoms. The van der Waals surface area contributed by atoms with E-state index in [2.05, 4.69) is 0 Å². The van der Waals surface area contributed by atoms with Crippen LogP contribution in [0.25, 0.3) is 0 Å². The third-order valence-electron chi connectivity index (χ3n) is 6.15. The molecular formula is C26H32N2O6. The van der Waals surface area contributed by atoms with E-state index < -0.39 is 11.3 Å². The first-order chi connectivity index (χ1) is 16.5. The van der Waals surface area contributed by atoms with E-state index in [0.717, 1.165) is 5.56 Å². The van der Waals surface area contributed by atoms with Crippen molar-refractivity contribution in [2.24, 2.45) is 0 Å². The minimum absolute atomic E-state index is 0.120. The summed E-state index contributed by atoms with van der Waals surface area (Å²) in [6.45, 7) is 0.841. The van der Waals surface area contributed by atoms with Crippen LogP contribution < -0.4 is 4.74 Å². The third kappa shape index (κ3) is 5.46. The number of imide groups is 1. The number of para-hydroxylation sites is 1. The summed E-state index contributed by atoms with van der Waals surface area (Å²) in [5.41, 5.74) is 0.0471. The topological polar surface area (TPSA) is 96.4 Å². The van der Waals surface area contributed by atoms with Crippen LogP contribution in [0.2, 0.25) is 0 Å². The lowest BCUT2D eigenvalue weighted by atomic mass is 9.75. The first-order valence-corrected chi connectivity index (χ1v) is 11.4. The Morgan fingerprint density at radius 3 is 2.47 bits per heavy atom. The Morgan fingerprint density at radius 2 is 1.79 bits per heavy atom. The molecule has 0 unspecified atom stereocenters. The molecule has 1 aliphatic heterocycles. The molecule has 1 heterocycles. The summed E-state index contributed by atoms with van der Waals surface area (Å²) in [5, 5.41) is 9.59. The van der Waals surface area contributed by atoms with Crippen molar-refractivity contribution in [1.82, 2.24) is 9.80 Å². The average molecular weight is 469 g/mol. The van der Waals surface area contributed by atoms with Crippen LogP contribution in [0.3, 0.4) is 0 Å². The van der Waals surface area contributed by atoms with Crippen molar-refractivity contribution in [3.8, 4) is 5.75 Å². The average Bonchev–Trinajstić information content (AvgIpc) is 3.09. The Hall–Kier alpha value is -3.23. The highest BCUT2D eigenvalue weighted by atomic mass is 16.5. The summed E-state index contributed by atoms with van der Waals surface area (Å²) in [5.74, 6) is -0.595. The second-order valence-electron chi connectivity index (χ2n) is 8.36. The molecule has 34 heavy (non-hydrogen) atoms. The molecule has 182 valence electrons. The van der Waals surface area contributed by atoms with Crippen LogP contribution in [-0.4, -0.2) is 73.2 Å². The van der Waals surface area contributed by atoms with E-state index in [1.807, 2.05) is 30.3 Å². The van der Waals surface area contributed by atoms with Gasteiger partial charge in [-0.2, -0.15) is 0 Å². The predicted octanol–water partition coefficient (Wildman–Crippen LogP) is 2.14. The van der Waals surface area contributed by atoms with E-state index in [1.54, 1.807) is 31.4 Å². The molecule has 0 spiro atoms. The standard InChI is InChI=1S/C26H32N2O6/c1-33-16-8-13-28-24(31)18-26(25(28)32,21-11-6-7-12-22(21)34-2)17-23(30)27(14-15-29)19-20-9-4-3-5-10-20/h3-7,9-12,29H,8,13-19H2,1-2H3/t26-/m0/s1. The summed E-state index contributed by atoms with van der Waals surface area (Å²) >= 11 is 0. The first-order valence-electron chi connectivity index (χ1n) is 11.4. The van der Waals surface area contributed by atoms with Crippen LogP contribution >= 0.6 is 0 Å². The number of hydrogen-bond donors (Lipinski definition) is 1.